The van der Waals surface area contributed by atoms with Gasteiger partial charge in [0.05, 0.1) is 11.0 Å². The zero-order valence-electron chi connectivity index (χ0n) is 40.5. The molecule has 4 heterocycles. The number of benzene rings is 8. The van der Waals surface area contributed by atoms with Crippen molar-refractivity contribution in [1.29, 1.82) is 0 Å². The van der Waals surface area contributed by atoms with E-state index in [4.69, 9.17) is 4.42 Å². The minimum atomic E-state index is -0.149. The minimum Gasteiger partial charge on any atom is -0.456 e. The van der Waals surface area contributed by atoms with Crippen molar-refractivity contribution in [2.45, 2.75) is 103 Å². The molecule has 0 unspecified atom stereocenters. The number of furan rings is 1. The lowest BCUT2D eigenvalue weighted by Gasteiger charge is -2.43. The number of fused-ring (bicyclic) bond motifs is 15. The normalized spacial score (nSPS) is 16.6. The molecule has 0 saturated carbocycles. The molecule has 68 heavy (non-hydrogen) atoms. The first-order chi connectivity index (χ1) is 32.9. The van der Waals surface area contributed by atoms with E-state index in [9.17, 15) is 0 Å². The van der Waals surface area contributed by atoms with Crippen molar-refractivity contribution in [2.24, 2.45) is 0 Å². The molecule has 0 atom stereocenters. The van der Waals surface area contributed by atoms with Crippen LogP contribution in [0.15, 0.2) is 150 Å². The molecule has 0 bridgehead atoms. The van der Waals surface area contributed by atoms with Gasteiger partial charge in [-0.25, -0.2) is 0 Å². The van der Waals surface area contributed by atoms with Crippen LogP contribution in [-0.2, 0) is 22.7 Å². The summed E-state index contributed by atoms with van der Waals surface area (Å²) >= 11 is 0. The fraction of sp³-hybridized carbons (Fsp3) is 0.250. The van der Waals surface area contributed by atoms with E-state index in [0.29, 0.717) is 0 Å². The average Bonchev–Trinajstić information content (AvgIpc) is 3.97. The quantitative estimate of drug-likeness (QED) is 0.123. The van der Waals surface area contributed by atoms with Gasteiger partial charge in [0.2, 0.25) is 0 Å². The lowest BCUT2D eigenvalue weighted by Crippen LogP contribution is -2.60. The Morgan fingerprint density at radius 2 is 1.26 bits per heavy atom. The molecule has 3 nitrogen and oxygen atoms in total. The Balaban J connectivity index is 1.15. The lowest BCUT2D eigenvalue weighted by atomic mass is 9.43. The summed E-state index contributed by atoms with van der Waals surface area (Å²) in [4.78, 5) is 2.70. The molecule has 4 heteroatoms. The molecule has 2 aromatic heterocycles. The van der Waals surface area contributed by atoms with Gasteiger partial charge in [-0.15, -0.1) is 0 Å². The van der Waals surface area contributed by atoms with Gasteiger partial charge in [0.25, 0.3) is 0 Å². The van der Waals surface area contributed by atoms with E-state index in [1.165, 1.54) is 130 Å². The van der Waals surface area contributed by atoms with Crippen LogP contribution in [0, 0.1) is 0 Å². The van der Waals surface area contributed by atoms with Crippen molar-refractivity contribution >= 4 is 72.9 Å². The molecule has 0 saturated heterocycles. The van der Waals surface area contributed by atoms with Gasteiger partial charge < -0.3 is 13.8 Å². The maximum Gasteiger partial charge on any atom is 0.333 e. The number of aromatic nitrogens is 1. The van der Waals surface area contributed by atoms with Crippen molar-refractivity contribution in [3.63, 3.8) is 0 Å². The van der Waals surface area contributed by atoms with Crippen molar-refractivity contribution in [2.75, 3.05) is 4.81 Å². The average molecular weight is 881 g/mol. The summed E-state index contributed by atoms with van der Waals surface area (Å²) in [5.74, 6) is 0. The van der Waals surface area contributed by atoms with Crippen molar-refractivity contribution in [1.82, 2.24) is 4.57 Å². The molecule has 8 aromatic carbocycles. The molecule has 0 fully saturated rings. The number of hydrogen-bond donors (Lipinski definition) is 0. The second-order valence-electron chi connectivity index (χ2n) is 22.5. The Labute approximate surface area is 400 Å². The Bertz CT molecular complexity index is 3800. The summed E-state index contributed by atoms with van der Waals surface area (Å²) in [6.07, 6.45) is 7.16. The Hall–Kier alpha value is -6.78. The van der Waals surface area contributed by atoms with Gasteiger partial charge in [-0.2, -0.15) is 0 Å². The van der Waals surface area contributed by atoms with E-state index >= 15 is 0 Å². The summed E-state index contributed by atoms with van der Waals surface area (Å²) in [6, 6.07) is 56.5. The molecule has 332 valence electrons. The largest absolute Gasteiger partial charge is 0.456 e. The third-order valence-electron chi connectivity index (χ3n) is 17.3. The number of rotatable bonds is 6. The van der Waals surface area contributed by atoms with E-state index in [1.54, 1.807) is 0 Å². The number of nitrogens with zero attached hydrogens (tertiary/aromatic N) is 2. The molecule has 0 N–H and O–H groups in total. The Morgan fingerprint density at radius 1 is 0.544 bits per heavy atom. The first-order valence-electron chi connectivity index (χ1n) is 25.3. The number of unbranched alkanes of at least 4 members (excludes halogenated alkanes) is 2. The first kappa shape index (κ1) is 40.3. The fourth-order valence-corrected chi connectivity index (χ4v) is 13.5. The van der Waals surface area contributed by atoms with Crippen LogP contribution in [0.25, 0.3) is 82.8 Å². The van der Waals surface area contributed by atoms with E-state index in [0.717, 1.165) is 41.2 Å². The lowest BCUT2D eigenvalue weighted by molar-refractivity contribution is 0.332. The summed E-state index contributed by atoms with van der Waals surface area (Å²) in [7, 11) is 0. The minimum absolute atomic E-state index is 0.0454. The van der Waals surface area contributed by atoms with Crippen LogP contribution >= 0.6 is 0 Å². The van der Waals surface area contributed by atoms with E-state index in [1.807, 2.05) is 0 Å². The molecule has 14 rings (SSSR count). The number of aryl methyl sites for hydroxylation is 1. The Morgan fingerprint density at radius 3 is 2.07 bits per heavy atom. The molecule has 4 aliphatic rings. The maximum absolute atomic E-state index is 6.66. The van der Waals surface area contributed by atoms with Crippen LogP contribution in [0.3, 0.4) is 0 Å². The van der Waals surface area contributed by atoms with Crippen molar-refractivity contribution in [3.05, 3.63) is 173 Å². The zero-order valence-corrected chi connectivity index (χ0v) is 40.5. The third-order valence-corrected chi connectivity index (χ3v) is 17.3. The molecular formula is C64H57BN2O. The summed E-state index contributed by atoms with van der Waals surface area (Å²) < 4.78 is 9.39. The van der Waals surface area contributed by atoms with Gasteiger partial charge in [0.15, 0.2) is 0 Å². The van der Waals surface area contributed by atoms with Gasteiger partial charge >= 0.3 is 6.85 Å². The topological polar surface area (TPSA) is 21.3 Å². The number of para-hydroxylation sites is 2. The highest BCUT2D eigenvalue weighted by Gasteiger charge is 2.47. The second kappa shape index (κ2) is 13.9. The van der Waals surface area contributed by atoms with Gasteiger partial charge in [0, 0.05) is 49.6 Å². The predicted molar refractivity (Wildman–Crippen MR) is 289 cm³/mol. The highest BCUT2D eigenvalue weighted by atomic mass is 16.3. The SMILES string of the molecule is CCCCCc1ccc(N2B3c4cc5c(cc4-n4c6cc7c(cc6c6c(-c8ccc9c(c8)oc8ccccc89)cc(c3c64)-c3ccccc32)C(C)(C)CCC7(C)C)-c2ccccc2C5(C)C)cc1. The van der Waals surface area contributed by atoms with Gasteiger partial charge in [-0.1, -0.05) is 146 Å². The van der Waals surface area contributed by atoms with Gasteiger partial charge in [-0.05, 0) is 164 Å². The predicted octanol–water partition coefficient (Wildman–Crippen LogP) is 16.0. The highest BCUT2D eigenvalue weighted by molar-refractivity contribution is 6.93. The molecule has 0 spiro atoms. The van der Waals surface area contributed by atoms with E-state index in [-0.39, 0.29) is 23.1 Å². The molecular weight excluding hydrogens is 824 g/mol. The molecule has 0 radical (unpaired) electrons. The van der Waals surface area contributed by atoms with Crippen LogP contribution in [0.4, 0.5) is 11.4 Å². The second-order valence-corrected chi connectivity index (χ2v) is 22.5. The standard InChI is InChI=1S/C64H57BN2O/c1-8-9-10-17-38-24-27-40(28-25-38)67-54-22-15-12-19-42(54)47-33-45(39-26-29-44-43-20-13-16-23-57(43)68-58(44)32-39)59-48-34-51-52(63(4,5)31-30-62(51,2)3)37-55(48)66-56-35-46-41-18-11-14-21-49(41)64(6,7)50(46)36-53(56)65(67)60(47)61(59)66/h11-16,18-29,32-37H,8-10,17,30-31H2,1-7H3. The van der Waals surface area contributed by atoms with Gasteiger partial charge in [0.1, 0.15) is 11.2 Å². The number of anilines is 2. The summed E-state index contributed by atoms with van der Waals surface area (Å²) in [6.45, 7) is 17.0. The molecule has 10 aromatic rings. The van der Waals surface area contributed by atoms with Crippen LogP contribution in [0.5, 0.6) is 0 Å². The van der Waals surface area contributed by atoms with Crippen LogP contribution in [-0.4, -0.2) is 11.4 Å². The summed E-state index contributed by atoms with van der Waals surface area (Å²) in [5, 5.41) is 4.98. The van der Waals surface area contributed by atoms with Crippen molar-refractivity contribution in [3.8, 4) is 39.1 Å². The van der Waals surface area contributed by atoms with Crippen LogP contribution in [0.2, 0.25) is 0 Å². The zero-order chi connectivity index (χ0) is 46.0. The summed E-state index contributed by atoms with van der Waals surface area (Å²) in [5.41, 5.74) is 25.9. The van der Waals surface area contributed by atoms with Crippen LogP contribution < -0.4 is 15.7 Å². The number of hydrogen-bond acceptors (Lipinski definition) is 2. The fourth-order valence-electron chi connectivity index (χ4n) is 13.5. The van der Waals surface area contributed by atoms with Crippen molar-refractivity contribution < 1.29 is 4.42 Å². The molecule has 0 amide bonds. The third kappa shape index (κ3) is 5.38. The molecule has 2 aliphatic carbocycles. The smallest absolute Gasteiger partial charge is 0.333 e. The highest BCUT2D eigenvalue weighted by Crippen LogP contribution is 2.54. The van der Waals surface area contributed by atoms with E-state index < -0.39 is 0 Å². The van der Waals surface area contributed by atoms with Gasteiger partial charge in [-0.3, -0.25) is 0 Å². The first-order valence-corrected chi connectivity index (χ1v) is 25.3. The molecule has 2 aliphatic heterocycles. The van der Waals surface area contributed by atoms with Crippen LogP contribution in [0.1, 0.15) is 108 Å². The Kier molecular flexibility index (Phi) is 8.25. The van der Waals surface area contributed by atoms with E-state index in [2.05, 4.69) is 203 Å². The maximum atomic E-state index is 6.66. The monoisotopic (exact) mass is 880 g/mol.